The molecule has 0 aliphatic heterocycles. The lowest BCUT2D eigenvalue weighted by Crippen LogP contribution is -2.29. The number of nitrogens with one attached hydrogen (secondary N) is 2. The second-order valence-corrected chi connectivity index (χ2v) is 7.22. The van der Waals surface area contributed by atoms with Crippen molar-refractivity contribution in [2.45, 2.75) is 4.90 Å². The predicted molar refractivity (Wildman–Crippen MR) is 94.7 cm³/mol. The molecule has 0 saturated carbocycles. The van der Waals surface area contributed by atoms with Crippen molar-refractivity contribution in [1.82, 2.24) is 14.7 Å². The molecule has 1 aromatic heterocycles. The van der Waals surface area contributed by atoms with Crippen LogP contribution in [0.4, 0.5) is 5.82 Å². The van der Waals surface area contributed by atoms with Crippen molar-refractivity contribution < 1.29 is 8.42 Å². The van der Waals surface area contributed by atoms with Gasteiger partial charge in [0.2, 0.25) is 10.0 Å². The van der Waals surface area contributed by atoms with Gasteiger partial charge in [0.05, 0.1) is 10.4 Å². The number of hydrogen-bond acceptors (Lipinski definition) is 5. The van der Waals surface area contributed by atoms with Crippen LogP contribution in [-0.4, -0.2) is 31.5 Å². The fourth-order valence-electron chi connectivity index (χ4n) is 2.23. The molecule has 0 atom stereocenters. The number of para-hydroxylation sites is 1. The highest BCUT2D eigenvalue weighted by molar-refractivity contribution is 7.89. The van der Waals surface area contributed by atoms with Crippen LogP contribution >= 0.6 is 11.6 Å². The molecule has 3 rings (SSSR count). The van der Waals surface area contributed by atoms with Crippen molar-refractivity contribution in [2.24, 2.45) is 0 Å². The molecule has 1 heterocycles. The Hall–Kier alpha value is -2.22. The Kier molecular flexibility index (Phi) is 4.94. The Morgan fingerprint density at radius 1 is 1.00 bits per heavy atom. The van der Waals surface area contributed by atoms with Gasteiger partial charge in [-0.3, -0.25) is 0 Å². The third-order valence-electron chi connectivity index (χ3n) is 3.36. The van der Waals surface area contributed by atoms with E-state index in [-0.39, 0.29) is 11.4 Å². The number of sulfonamides is 1. The molecule has 0 spiro atoms. The van der Waals surface area contributed by atoms with Crippen LogP contribution in [0.25, 0.3) is 10.9 Å². The lowest BCUT2D eigenvalue weighted by Gasteiger charge is -2.10. The monoisotopic (exact) mass is 362 g/mol. The van der Waals surface area contributed by atoms with E-state index in [1.54, 1.807) is 12.1 Å². The molecule has 6 nitrogen and oxygen atoms in total. The zero-order valence-corrected chi connectivity index (χ0v) is 14.2. The summed E-state index contributed by atoms with van der Waals surface area (Å²) in [5.74, 6) is 0.669. The summed E-state index contributed by atoms with van der Waals surface area (Å²) in [4.78, 5) is 8.52. The van der Waals surface area contributed by atoms with E-state index in [4.69, 9.17) is 11.6 Å². The molecule has 0 aliphatic rings. The highest BCUT2D eigenvalue weighted by Gasteiger charge is 2.13. The Morgan fingerprint density at radius 2 is 1.83 bits per heavy atom. The van der Waals surface area contributed by atoms with Crippen molar-refractivity contribution in [3.8, 4) is 0 Å². The first kappa shape index (κ1) is 16.6. The zero-order chi connectivity index (χ0) is 17.0. The van der Waals surface area contributed by atoms with Crippen LogP contribution < -0.4 is 10.0 Å². The molecule has 0 unspecified atom stereocenters. The number of rotatable bonds is 6. The van der Waals surface area contributed by atoms with Crippen molar-refractivity contribution in [1.29, 1.82) is 0 Å². The largest absolute Gasteiger partial charge is 0.368 e. The Balaban J connectivity index is 1.62. The molecule has 0 aliphatic carbocycles. The SMILES string of the molecule is O=S(=O)(NCCNc1ncnc2ccccc12)c1cccc(Cl)c1. The molecular formula is C16H15ClN4O2S. The Bertz CT molecular complexity index is 958. The molecule has 2 aromatic carbocycles. The van der Waals surface area contributed by atoms with Crippen LogP contribution in [0, 0.1) is 0 Å². The summed E-state index contributed by atoms with van der Waals surface area (Å²) in [6.45, 7) is 0.605. The van der Waals surface area contributed by atoms with Gasteiger partial charge in [-0.05, 0) is 30.3 Å². The summed E-state index contributed by atoms with van der Waals surface area (Å²) < 4.78 is 26.9. The summed E-state index contributed by atoms with van der Waals surface area (Å²) in [5.41, 5.74) is 0.828. The molecule has 0 bridgehead atoms. The van der Waals surface area contributed by atoms with Crippen molar-refractivity contribution in [3.63, 3.8) is 0 Å². The normalized spacial score (nSPS) is 11.5. The van der Waals surface area contributed by atoms with Crippen LogP contribution in [0.3, 0.4) is 0 Å². The molecule has 0 saturated heterocycles. The highest BCUT2D eigenvalue weighted by Crippen LogP contribution is 2.18. The maximum atomic E-state index is 12.2. The fraction of sp³-hybridized carbons (Fsp3) is 0.125. The van der Waals surface area contributed by atoms with Crippen LogP contribution in [0.5, 0.6) is 0 Å². The maximum absolute atomic E-state index is 12.2. The van der Waals surface area contributed by atoms with Gasteiger partial charge < -0.3 is 5.32 Å². The quantitative estimate of drug-likeness (QED) is 0.658. The summed E-state index contributed by atoms with van der Waals surface area (Å²) in [5, 5.41) is 4.38. The third kappa shape index (κ3) is 3.81. The number of halogens is 1. The first-order valence-electron chi connectivity index (χ1n) is 7.25. The van der Waals surface area contributed by atoms with Crippen molar-refractivity contribution >= 4 is 38.3 Å². The molecule has 8 heteroatoms. The summed E-state index contributed by atoms with van der Waals surface area (Å²) in [6, 6.07) is 13.7. The van der Waals surface area contributed by atoms with Crippen LogP contribution in [0.2, 0.25) is 5.02 Å². The van der Waals surface area contributed by atoms with Gasteiger partial charge in [-0.1, -0.05) is 29.8 Å². The highest BCUT2D eigenvalue weighted by atomic mass is 35.5. The minimum absolute atomic E-state index is 0.141. The first-order valence-corrected chi connectivity index (χ1v) is 9.11. The summed E-state index contributed by atoms with van der Waals surface area (Å²) in [7, 11) is -3.59. The average molecular weight is 363 g/mol. The number of nitrogens with zero attached hydrogens (tertiary/aromatic N) is 2. The molecule has 3 aromatic rings. The van der Waals surface area contributed by atoms with E-state index in [1.165, 1.54) is 18.5 Å². The number of benzene rings is 2. The van der Waals surface area contributed by atoms with Crippen LogP contribution in [0.15, 0.2) is 59.8 Å². The summed E-state index contributed by atoms with van der Waals surface area (Å²) in [6.07, 6.45) is 1.47. The molecule has 0 amide bonds. The fourth-order valence-corrected chi connectivity index (χ4v) is 3.56. The van der Waals surface area contributed by atoms with Gasteiger partial charge in [0.1, 0.15) is 12.1 Å². The van der Waals surface area contributed by atoms with Crippen LogP contribution in [-0.2, 0) is 10.0 Å². The molecular weight excluding hydrogens is 348 g/mol. The van der Waals surface area contributed by atoms with E-state index in [2.05, 4.69) is 20.0 Å². The topological polar surface area (TPSA) is 84.0 Å². The van der Waals surface area contributed by atoms with Gasteiger partial charge in [-0.15, -0.1) is 0 Å². The second-order valence-electron chi connectivity index (χ2n) is 5.02. The number of hydrogen-bond donors (Lipinski definition) is 2. The lowest BCUT2D eigenvalue weighted by molar-refractivity contribution is 0.583. The minimum Gasteiger partial charge on any atom is -0.368 e. The summed E-state index contributed by atoms with van der Waals surface area (Å²) >= 11 is 5.83. The van der Waals surface area contributed by atoms with Gasteiger partial charge in [0.25, 0.3) is 0 Å². The zero-order valence-electron chi connectivity index (χ0n) is 12.6. The third-order valence-corrected chi connectivity index (χ3v) is 5.05. The second kappa shape index (κ2) is 7.12. The minimum atomic E-state index is -3.59. The smallest absolute Gasteiger partial charge is 0.240 e. The van der Waals surface area contributed by atoms with E-state index in [0.717, 1.165) is 10.9 Å². The molecule has 2 N–H and O–H groups in total. The predicted octanol–water partition coefficient (Wildman–Crippen LogP) is 2.67. The van der Waals surface area contributed by atoms with E-state index < -0.39 is 10.0 Å². The van der Waals surface area contributed by atoms with E-state index in [1.807, 2.05) is 24.3 Å². The van der Waals surface area contributed by atoms with Gasteiger partial charge in [0, 0.05) is 23.5 Å². The van der Waals surface area contributed by atoms with E-state index >= 15 is 0 Å². The number of anilines is 1. The standard InChI is InChI=1S/C16H15ClN4O2S/c17-12-4-3-5-13(10-12)24(22,23)21-9-8-18-16-14-6-1-2-7-15(14)19-11-20-16/h1-7,10-11,21H,8-9H2,(H,18,19,20). The maximum Gasteiger partial charge on any atom is 0.240 e. The van der Waals surface area contributed by atoms with Gasteiger partial charge in [-0.2, -0.15) is 0 Å². The molecule has 124 valence electrons. The Morgan fingerprint density at radius 3 is 2.67 bits per heavy atom. The molecule has 0 radical (unpaired) electrons. The van der Waals surface area contributed by atoms with Gasteiger partial charge in [0.15, 0.2) is 0 Å². The van der Waals surface area contributed by atoms with Gasteiger partial charge >= 0.3 is 0 Å². The van der Waals surface area contributed by atoms with E-state index in [9.17, 15) is 8.42 Å². The van der Waals surface area contributed by atoms with Crippen LogP contribution in [0.1, 0.15) is 0 Å². The van der Waals surface area contributed by atoms with E-state index in [0.29, 0.717) is 17.4 Å². The average Bonchev–Trinajstić information content (AvgIpc) is 2.59. The lowest BCUT2D eigenvalue weighted by atomic mass is 10.2. The molecule has 24 heavy (non-hydrogen) atoms. The van der Waals surface area contributed by atoms with Crippen molar-refractivity contribution in [3.05, 3.63) is 59.9 Å². The Labute approximate surface area is 145 Å². The first-order chi connectivity index (χ1) is 11.6. The number of fused-ring (bicyclic) bond motifs is 1. The number of aromatic nitrogens is 2. The van der Waals surface area contributed by atoms with Crippen molar-refractivity contribution in [2.75, 3.05) is 18.4 Å². The van der Waals surface area contributed by atoms with Gasteiger partial charge in [-0.25, -0.2) is 23.1 Å². The molecule has 0 fully saturated rings.